The SMILES string of the molecule is Cc1ncsc1CCOC(=O)C1CC1(Cl)Cl. The molecule has 1 aromatic rings. The number of ether oxygens (including phenoxy) is 1. The molecule has 0 aromatic carbocycles. The molecule has 1 fully saturated rings. The van der Waals surface area contributed by atoms with Crippen LogP contribution in [0.25, 0.3) is 0 Å². The number of aromatic nitrogens is 1. The van der Waals surface area contributed by atoms with Crippen molar-refractivity contribution in [1.82, 2.24) is 4.98 Å². The van der Waals surface area contributed by atoms with E-state index in [0.29, 0.717) is 19.4 Å². The van der Waals surface area contributed by atoms with Crippen molar-refractivity contribution in [2.75, 3.05) is 6.61 Å². The minimum absolute atomic E-state index is 0.299. The van der Waals surface area contributed by atoms with Crippen molar-refractivity contribution in [3.63, 3.8) is 0 Å². The molecule has 0 aliphatic heterocycles. The van der Waals surface area contributed by atoms with E-state index in [4.69, 9.17) is 27.9 Å². The molecule has 1 aliphatic carbocycles. The van der Waals surface area contributed by atoms with Crippen LogP contribution in [0.3, 0.4) is 0 Å². The number of alkyl halides is 2. The van der Waals surface area contributed by atoms with E-state index in [1.807, 2.05) is 6.92 Å². The van der Waals surface area contributed by atoms with E-state index in [0.717, 1.165) is 10.6 Å². The minimum Gasteiger partial charge on any atom is -0.465 e. The summed E-state index contributed by atoms with van der Waals surface area (Å²) in [5.41, 5.74) is 2.78. The predicted octanol–water partition coefficient (Wildman–Crippen LogP) is 2.73. The normalized spacial score (nSPS) is 21.8. The standard InChI is InChI=1S/C10H11Cl2NO2S/c1-6-8(16-5-13-6)2-3-15-9(14)7-4-10(7,11)12/h5,7H,2-4H2,1H3. The van der Waals surface area contributed by atoms with Gasteiger partial charge in [-0.3, -0.25) is 4.79 Å². The van der Waals surface area contributed by atoms with Gasteiger partial charge < -0.3 is 4.74 Å². The summed E-state index contributed by atoms with van der Waals surface area (Å²) >= 11 is 13.1. The lowest BCUT2D eigenvalue weighted by Gasteiger charge is -2.03. The largest absolute Gasteiger partial charge is 0.465 e. The molecule has 1 unspecified atom stereocenters. The van der Waals surface area contributed by atoms with Gasteiger partial charge in [0, 0.05) is 11.3 Å². The Kier molecular flexibility index (Phi) is 3.42. The van der Waals surface area contributed by atoms with E-state index in [-0.39, 0.29) is 11.9 Å². The highest BCUT2D eigenvalue weighted by molar-refractivity contribution is 7.09. The molecule has 1 heterocycles. The summed E-state index contributed by atoms with van der Waals surface area (Å²) in [6.45, 7) is 2.30. The maximum atomic E-state index is 11.4. The molecule has 0 radical (unpaired) electrons. The second-order valence-corrected chi connectivity index (χ2v) is 6.28. The highest BCUT2D eigenvalue weighted by atomic mass is 35.5. The highest BCUT2D eigenvalue weighted by Gasteiger charge is 2.57. The van der Waals surface area contributed by atoms with Crippen LogP contribution in [-0.2, 0) is 16.0 Å². The van der Waals surface area contributed by atoms with Gasteiger partial charge in [-0.05, 0) is 13.3 Å². The number of hydrogen-bond donors (Lipinski definition) is 0. The number of halogens is 2. The lowest BCUT2D eigenvalue weighted by molar-refractivity contribution is -0.145. The van der Waals surface area contributed by atoms with Crippen molar-refractivity contribution in [2.45, 2.75) is 24.1 Å². The lowest BCUT2D eigenvalue weighted by Crippen LogP contribution is -2.12. The molecule has 2 rings (SSSR count). The molecular formula is C10H11Cl2NO2S. The van der Waals surface area contributed by atoms with Crippen LogP contribution in [0, 0.1) is 12.8 Å². The molecule has 0 bridgehead atoms. The Morgan fingerprint density at radius 1 is 1.75 bits per heavy atom. The van der Waals surface area contributed by atoms with Crippen LogP contribution < -0.4 is 0 Å². The van der Waals surface area contributed by atoms with E-state index < -0.39 is 4.33 Å². The molecule has 16 heavy (non-hydrogen) atoms. The summed E-state index contributed by atoms with van der Waals surface area (Å²) in [7, 11) is 0. The number of thiazole rings is 1. The van der Waals surface area contributed by atoms with E-state index in [1.54, 1.807) is 16.8 Å². The first kappa shape index (κ1) is 12.1. The summed E-state index contributed by atoms with van der Waals surface area (Å²) in [6.07, 6.45) is 1.20. The van der Waals surface area contributed by atoms with Crippen LogP contribution in [0.2, 0.25) is 0 Å². The van der Waals surface area contributed by atoms with Crippen LogP contribution in [0.4, 0.5) is 0 Å². The first-order valence-electron chi connectivity index (χ1n) is 4.94. The average Bonchev–Trinajstić information content (AvgIpc) is 2.65. The van der Waals surface area contributed by atoms with Gasteiger partial charge in [0.05, 0.1) is 23.7 Å². The maximum Gasteiger partial charge on any atom is 0.312 e. The third-order valence-corrected chi connectivity index (χ3v) is 4.36. The van der Waals surface area contributed by atoms with Crippen LogP contribution in [0.5, 0.6) is 0 Å². The first-order chi connectivity index (χ1) is 7.50. The monoisotopic (exact) mass is 279 g/mol. The maximum absolute atomic E-state index is 11.4. The molecule has 1 aliphatic rings. The molecular weight excluding hydrogens is 269 g/mol. The summed E-state index contributed by atoms with van der Waals surface area (Å²) < 4.78 is 4.21. The van der Waals surface area contributed by atoms with Crippen LogP contribution in [-0.4, -0.2) is 21.9 Å². The van der Waals surface area contributed by atoms with E-state index in [9.17, 15) is 4.79 Å². The number of esters is 1. The fourth-order valence-corrected chi connectivity index (χ4v) is 2.63. The quantitative estimate of drug-likeness (QED) is 0.629. The van der Waals surface area contributed by atoms with E-state index >= 15 is 0 Å². The number of aryl methyl sites for hydroxylation is 1. The van der Waals surface area contributed by atoms with Crippen molar-refractivity contribution in [3.05, 3.63) is 16.1 Å². The molecule has 0 amide bonds. The zero-order chi connectivity index (χ0) is 11.8. The summed E-state index contributed by atoms with van der Waals surface area (Å²) in [4.78, 5) is 16.7. The Bertz CT molecular complexity index is 405. The van der Waals surface area contributed by atoms with Gasteiger partial charge in [0.15, 0.2) is 0 Å². The van der Waals surface area contributed by atoms with Crippen molar-refractivity contribution in [2.24, 2.45) is 5.92 Å². The number of rotatable bonds is 4. The van der Waals surface area contributed by atoms with Crippen molar-refractivity contribution in [1.29, 1.82) is 0 Å². The zero-order valence-electron chi connectivity index (χ0n) is 8.70. The van der Waals surface area contributed by atoms with Crippen LogP contribution >= 0.6 is 34.5 Å². The van der Waals surface area contributed by atoms with Gasteiger partial charge in [-0.1, -0.05) is 0 Å². The average molecular weight is 280 g/mol. The third-order valence-electron chi connectivity index (χ3n) is 2.53. The molecule has 0 N–H and O–H groups in total. The smallest absolute Gasteiger partial charge is 0.312 e. The van der Waals surface area contributed by atoms with Crippen LogP contribution in [0.1, 0.15) is 17.0 Å². The Balaban J connectivity index is 1.73. The molecule has 0 spiro atoms. The Morgan fingerprint density at radius 2 is 2.44 bits per heavy atom. The van der Waals surface area contributed by atoms with Crippen molar-refractivity contribution < 1.29 is 9.53 Å². The lowest BCUT2D eigenvalue weighted by atomic mass is 10.3. The molecule has 3 nitrogen and oxygen atoms in total. The summed E-state index contributed by atoms with van der Waals surface area (Å²) in [5, 5.41) is 0. The van der Waals surface area contributed by atoms with Gasteiger partial charge in [0.25, 0.3) is 0 Å². The zero-order valence-corrected chi connectivity index (χ0v) is 11.0. The van der Waals surface area contributed by atoms with Gasteiger partial charge in [0.1, 0.15) is 4.33 Å². The number of hydrogen-bond acceptors (Lipinski definition) is 4. The van der Waals surface area contributed by atoms with Gasteiger partial charge in [-0.2, -0.15) is 0 Å². The van der Waals surface area contributed by atoms with Gasteiger partial charge in [0.2, 0.25) is 0 Å². The van der Waals surface area contributed by atoms with E-state index in [2.05, 4.69) is 4.98 Å². The minimum atomic E-state index is -0.891. The van der Waals surface area contributed by atoms with Crippen molar-refractivity contribution in [3.8, 4) is 0 Å². The van der Waals surface area contributed by atoms with Crippen molar-refractivity contribution >= 4 is 40.5 Å². The fraction of sp³-hybridized carbons (Fsp3) is 0.600. The number of carbonyl (C=O) groups is 1. The van der Waals surface area contributed by atoms with Gasteiger partial charge in [-0.25, -0.2) is 4.98 Å². The Labute approximate surface area is 108 Å². The summed E-state index contributed by atoms with van der Waals surface area (Å²) in [5.74, 6) is -0.648. The Morgan fingerprint density at radius 3 is 2.94 bits per heavy atom. The number of nitrogens with zero attached hydrogens (tertiary/aromatic N) is 1. The van der Waals surface area contributed by atoms with Gasteiger partial charge in [-0.15, -0.1) is 34.5 Å². The highest BCUT2D eigenvalue weighted by Crippen LogP contribution is 2.53. The summed E-state index contributed by atoms with van der Waals surface area (Å²) in [6, 6.07) is 0. The third kappa shape index (κ3) is 2.67. The molecule has 1 aromatic heterocycles. The fourth-order valence-electron chi connectivity index (χ4n) is 1.38. The second-order valence-electron chi connectivity index (χ2n) is 3.80. The molecule has 88 valence electrons. The predicted molar refractivity (Wildman–Crippen MR) is 64.1 cm³/mol. The Hall–Kier alpha value is -0.320. The topological polar surface area (TPSA) is 39.2 Å². The van der Waals surface area contributed by atoms with E-state index in [1.165, 1.54) is 0 Å². The van der Waals surface area contributed by atoms with Crippen LogP contribution in [0.15, 0.2) is 5.51 Å². The van der Waals surface area contributed by atoms with Gasteiger partial charge >= 0.3 is 5.97 Å². The molecule has 1 atom stereocenters. The second kappa shape index (κ2) is 4.51. The molecule has 6 heteroatoms. The first-order valence-corrected chi connectivity index (χ1v) is 6.57. The number of carbonyl (C=O) groups excluding carboxylic acids is 1. The molecule has 1 saturated carbocycles. The molecule has 0 saturated heterocycles.